The van der Waals surface area contributed by atoms with Crippen LogP contribution in [-0.2, 0) is 10.3 Å². The highest BCUT2D eigenvalue weighted by molar-refractivity contribution is 6.08. The van der Waals surface area contributed by atoms with Crippen molar-refractivity contribution in [3.63, 3.8) is 0 Å². The molecule has 0 aromatic heterocycles. The van der Waals surface area contributed by atoms with Gasteiger partial charge in [-0.15, -0.1) is 0 Å². The summed E-state index contributed by atoms with van der Waals surface area (Å²) in [6.45, 7) is 23.7. The quantitative estimate of drug-likeness (QED) is 0.207. The zero-order valence-corrected chi connectivity index (χ0v) is 24.8. The fourth-order valence-corrected chi connectivity index (χ4v) is 7.52. The highest BCUT2D eigenvalue weighted by Gasteiger charge is 2.68. The van der Waals surface area contributed by atoms with Gasteiger partial charge in [-0.3, -0.25) is 0 Å². The fourth-order valence-electron chi connectivity index (χ4n) is 7.52. The molecule has 0 radical (unpaired) electrons. The Morgan fingerprint density at radius 3 is 1.50 bits per heavy atom. The summed E-state index contributed by atoms with van der Waals surface area (Å²) >= 11 is 0. The molecule has 1 aliphatic heterocycles. The van der Waals surface area contributed by atoms with Crippen molar-refractivity contribution in [3.05, 3.63) is 83.9 Å². The molecular formula is C37H42O. The van der Waals surface area contributed by atoms with Gasteiger partial charge in [-0.2, -0.15) is 0 Å². The van der Waals surface area contributed by atoms with Gasteiger partial charge in [0.1, 0.15) is 0 Å². The maximum Gasteiger partial charge on any atom is 0.0975 e. The largest absolute Gasteiger partial charge is 0.364 e. The first-order valence-electron chi connectivity index (χ1n) is 14.1. The minimum Gasteiger partial charge on any atom is -0.364 e. The number of hydrogen-bond donors (Lipinski definition) is 0. The van der Waals surface area contributed by atoms with Gasteiger partial charge in [-0.1, -0.05) is 77.9 Å². The molecule has 0 saturated carbocycles. The molecule has 1 heterocycles. The Morgan fingerprint density at radius 2 is 0.947 bits per heavy atom. The van der Waals surface area contributed by atoms with Gasteiger partial charge in [0.25, 0.3) is 0 Å². The van der Waals surface area contributed by atoms with Gasteiger partial charge in [-0.25, -0.2) is 0 Å². The zero-order valence-electron chi connectivity index (χ0n) is 24.8. The monoisotopic (exact) mass is 502 g/mol. The van der Waals surface area contributed by atoms with Crippen LogP contribution in [0.3, 0.4) is 0 Å². The van der Waals surface area contributed by atoms with Crippen LogP contribution >= 0.6 is 0 Å². The van der Waals surface area contributed by atoms with Gasteiger partial charge in [0.05, 0.1) is 11.2 Å². The summed E-state index contributed by atoms with van der Waals surface area (Å²) in [6.07, 6.45) is 0. The second-order valence-electron chi connectivity index (χ2n) is 14.1. The van der Waals surface area contributed by atoms with E-state index in [9.17, 15) is 0 Å². The van der Waals surface area contributed by atoms with E-state index in [-0.39, 0.29) is 21.8 Å². The van der Waals surface area contributed by atoms with E-state index in [4.69, 9.17) is 4.74 Å². The van der Waals surface area contributed by atoms with Crippen LogP contribution in [0, 0.1) is 23.2 Å². The normalized spacial score (nSPS) is 23.8. The fraction of sp³-hybridized carbons (Fsp3) is 0.405. The molecule has 0 amide bonds. The second-order valence-corrected chi connectivity index (χ2v) is 14.1. The van der Waals surface area contributed by atoms with E-state index < -0.39 is 5.60 Å². The van der Waals surface area contributed by atoms with Gasteiger partial charge >= 0.3 is 0 Å². The van der Waals surface area contributed by atoms with Crippen molar-refractivity contribution in [2.24, 2.45) is 16.2 Å². The average molecular weight is 503 g/mol. The van der Waals surface area contributed by atoms with Crippen LogP contribution in [0.5, 0.6) is 0 Å². The Bertz CT molecular complexity index is 1760. The van der Waals surface area contributed by atoms with Crippen molar-refractivity contribution < 1.29 is 4.74 Å². The molecule has 0 bridgehead atoms. The van der Waals surface area contributed by atoms with Crippen molar-refractivity contribution in [2.75, 3.05) is 0 Å². The molecule has 6 rings (SSSR count). The van der Waals surface area contributed by atoms with Crippen LogP contribution < -0.4 is 0 Å². The molecule has 1 heteroatoms. The maximum atomic E-state index is 7.33. The molecule has 1 unspecified atom stereocenters. The summed E-state index contributed by atoms with van der Waals surface area (Å²) in [4.78, 5) is 0. The van der Waals surface area contributed by atoms with Crippen molar-refractivity contribution in [1.29, 1.82) is 0 Å². The molecule has 0 N–H and O–H groups in total. The Morgan fingerprint density at radius 1 is 0.474 bits per heavy atom. The van der Waals surface area contributed by atoms with Gasteiger partial charge in [0.15, 0.2) is 0 Å². The van der Waals surface area contributed by atoms with Crippen LogP contribution in [0.4, 0.5) is 0 Å². The number of aryl methyl sites for hydroxylation is 1. The summed E-state index contributed by atoms with van der Waals surface area (Å²) in [7, 11) is 0. The Hall–Kier alpha value is -2.90. The van der Waals surface area contributed by atoms with Gasteiger partial charge in [0, 0.05) is 5.41 Å². The summed E-state index contributed by atoms with van der Waals surface area (Å²) in [5.41, 5.74) is 1.72. The highest BCUT2D eigenvalue weighted by atomic mass is 16.5. The molecule has 0 aliphatic carbocycles. The lowest BCUT2D eigenvalue weighted by Gasteiger charge is -2.70. The van der Waals surface area contributed by atoms with E-state index >= 15 is 0 Å². The third-order valence-corrected chi connectivity index (χ3v) is 11.8. The Kier molecular flexibility index (Phi) is 5.08. The van der Waals surface area contributed by atoms with Crippen LogP contribution in [0.15, 0.2) is 72.8 Å². The lowest BCUT2D eigenvalue weighted by molar-refractivity contribution is -0.335. The molecular weight excluding hydrogens is 460 g/mol. The molecule has 1 atom stereocenters. The molecule has 38 heavy (non-hydrogen) atoms. The van der Waals surface area contributed by atoms with E-state index in [1.54, 1.807) is 0 Å². The van der Waals surface area contributed by atoms with Gasteiger partial charge in [-0.05, 0) is 129 Å². The molecule has 1 saturated heterocycles. The lowest BCUT2D eigenvalue weighted by atomic mass is 9.43. The molecule has 196 valence electrons. The van der Waals surface area contributed by atoms with Crippen molar-refractivity contribution in [1.82, 2.24) is 0 Å². The van der Waals surface area contributed by atoms with Crippen molar-refractivity contribution in [3.8, 4) is 0 Å². The van der Waals surface area contributed by atoms with Crippen LogP contribution in [0.25, 0.3) is 43.1 Å². The van der Waals surface area contributed by atoms with E-state index in [0.717, 1.165) is 0 Å². The number of hydrogen-bond acceptors (Lipinski definition) is 1. The summed E-state index contributed by atoms with van der Waals surface area (Å²) in [5, 5.41) is 10.3. The van der Waals surface area contributed by atoms with E-state index in [1.807, 2.05) is 0 Å². The number of benzene rings is 5. The molecule has 5 aromatic rings. The second kappa shape index (κ2) is 7.60. The molecule has 1 nitrogen and oxygen atoms in total. The topological polar surface area (TPSA) is 9.23 Å². The molecule has 1 fully saturated rings. The van der Waals surface area contributed by atoms with E-state index in [2.05, 4.69) is 142 Å². The van der Waals surface area contributed by atoms with E-state index in [0.29, 0.717) is 0 Å². The average Bonchev–Trinajstić information content (AvgIpc) is 2.83. The molecule has 1 aliphatic rings. The van der Waals surface area contributed by atoms with Crippen LogP contribution in [-0.4, -0.2) is 5.60 Å². The first-order valence-corrected chi connectivity index (χ1v) is 14.1. The predicted molar refractivity (Wildman–Crippen MR) is 165 cm³/mol. The number of ether oxygens (including phenoxy) is 1. The first kappa shape index (κ1) is 25.4. The standard InChI is InChI=1S/C37H42O/c1-23-15-16-26-19-29-20-27-17-24-13-11-12-14-25(24)18-28(27)21-30(29)22-31(26)32(23)37(10)35(6,7)33(2,3)34(4,5)36(8,9)38-37/h11-22H,1-10H3. The van der Waals surface area contributed by atoms with Crippen LogP contribution in [0.2, 0.25) is 0 Å². The zero-order chi connectivity index (χ0) is 27.5. The van der Waals surface area contributed by atoms with E-state index in [1.165, 1.54) is 54.2 Å². The van der Waals surface area contributed by atoms with Crippen molar-refractivity contribution in [2.45, 2.75) is 80.4 Å². The van der Waals surface area contributed by atoms with Gasteiger partial charge < -0.3 is 4.74 Å². The Balaban J connectivity index is 1.66. The Labute approximate surface area is 228 Å². The minimum atomic E-state index is -0.472. The molecule has 5 aromatic carbocycles. The maximum absolute atomic E-state index is 7.33. The lowest BCUT2D eigenvalue weighted by Crippen LogP contribution is -2.69. The van der Waals surface area contributed by atoms with Crippen LogP contribution in [0.1, 0.15) is 73.4 Å². The van der Waals surface area contributed by atoms with Gasteiger partial charge in [0.2, 0.25) is 0 Å². The smallest absolute Gasteiger partial charge is 0.0975 e. The third kappa shape index (κ3) is 3.09. The SMILES string of the molecule is Cc1ccc2cc3cc4cc5ccccc5cc4cc3cc2c1C1(C)OC(C)(C)C(C)(C)C(C)(C)C1(C)C. The third-order valence-electron chi connectivity index (χ3n) is 11.8. The first-order chi connectivity index (χ1) is 17.6. The van der Waals surface area contributed by atoms with Crippen molar-refractivity contribution >= 4 is 43.1 Å². The summed E-state index contributed by atoms with van der Waals surface area (Å²) in [6, 6.07) is 27.4. The number of fused-ring (bicyclic) bond motifs is 4. The summed E-state index contributed by atoms with van der Waals surface area (Å²) in [5.74, 6) is 0. The number of rotatable bonds is 1. The summed E-state index contributed by atoms with van der Waals surface area (Å²) < 4.78 is 7.33. The predicted octanol–water partition coefficient (Wildman–Crippen LogP) is 10.7. The minimum absolute atomic E-state index is 0.0131. The highest BCUT2D eigenvalue weighted by Crippen LogP contribution is 2.69. The molecule has 0 spiro atoms.